The van der Waals surface area contributed by atoms with Crippen molar-refractivity contribution in [3.63, 3.8) is 0 Å². The van der Waals surface area contributed by atoms with Crippen LogP contribution in [-0.2, 0) is 6.54 Å². The first-order valence-corrected chi connectivity index (χ1v) is 6.03. The molecule has 0 N–H and O–H groups in total. The van der Waals surface area contributed by atoms with E-state index in [0.717, 1.165) is 5.56 Å². The molecule has 2 aromatic rings. The van der Waals surface area contributed by atoms with Gasteiger partial charge in [0.15, 0.2) is 0 Å². The summed E-state index contributed by atoms with van der Waals surface area (Å²) in [6, 6.07) is 15.7. The topological polar surface area (TPSA) is 55.5 Å². The number of nitro benzene ring substituents is 1. The Balaban J connectivity index is 2.10. The Kier molecular flexibility index (Phi) is 4.26. The summed E-state index contributed by atoms with van der Waals surface area (Å²) in [7, 11) is 0. The molecule has 0 aliphatic carbocycles. The lowest BCUT2D eigenvalue weighted by atomic mass is 10.2. The summed E-state index contributed by atoms with van der Waals surface area (Å²) < 4.78 is 0. The van der Waals surface area contributed by atoms with E-state index in [1.807, 2.05) is 30.3 Å². The van der Waals surface area contributed by atoms with E-state index in [2.05, 4.69) is 4.99 Å². The van der Waals surface area contributed by atoms with Gasteiger partial charge in [-0.05, 0) is 17.7 Å². The third kappa shape index (κ3) is 3.63. The van der Waals surface area contributed by atoms with Crippen molar-refractivity contribution < 1.29 is 4.92 Å². The van der Waals surface area contributed by atoms with Crippen molar-refractivity contribution in [1.29, 1.82) is 0 Å². The van der Waals surface area contributed by atoms with E-state index in [1.165, 1.54) is 12.1 Å². The normalized spacial score (nSPS) is 11.3. The van der Waals surface area contributed by atoms with E-state index in [1.54, 1.807) is 12.1 Å². The number of hydrogen-bond donors (Lipinski definition) is 0. The van der Waals surface area contributed by atoms with E-state index in [9.17, 15) is 10.1 Å². The van der Waals surface area contributed by atoms with Crippen LogP contribution in [-0.4, -0.2) is 10.1 Å². The highest BCUT2D eigenvalue weighted by Gasteiger charge is 2.06. The van der Waals surface area contributed by atoms with E-state index in [0.29, 0.717) is 17.3 Å². The molecule has 0 saturated heterocycles. The Labute approximate surface area is 115 Å². The van der Waals surface area contributed by atoms with Crippen LogP contribution in [0.1, 0.15) is 11.1 Å². The molecular weight excluding hydrogens is 264 g/mol. The van der Waals surface area contributed by atoms with Crippen LogP contribution in [0.3, 0.4) is 0 Å². The van der Waals surface area contributed by atoms with Gasteiger partial charge in [0.2, 0.25) is 0 Å². The fourth-order valence-electron chi connectivity index (χ4n) is 1.56. The minimum Gasteiger partial charge on any atom is -0.268 e. The Morgan fingerprint density at radius 2 is 1.74 bits per heavy atom. The summed E-state index contributed by atoms with van der Waals surface area (Å²) in [6.45, 7) is 0.483. The van der Waals surface area contributed by atoms with Crippen molar-refractivity contribution in [2.75, 3.05) is 0 Å². The molecule has 5 heteroatoms. The monoisotopic (exact) mass is 274 g/mol. The number of nitro groups is 1. The van der Waals surface area contributed by atoms with E-state index < -0.39 is 4.92 Å². The average molecular weight is 275 g/mol. The largest absolute Gasteiger partial charge is 0.269 e. The second-order valence-corrected chi connectivity index (χ2v) is 4.25. The van der Waals surface area contributed by atoms with Crippen LogP contribution in [0.4, 0.5) is 5.69 Å². The molecule has 0 unspecified atom stereocenters. The van der Waals surface area contributed by atoms with E-state index in [-0.39, 0.29) is 5.69 Å². The first kappa shape index (κ1) is 13.2. The summed E-state index contributed by atoms with van der Waals surface area (Å²) in [4.78, 5) is 14.3. The molecule has 0 aliphatic heterocycles. The maximum absolute atomic E-state index is 10.5. The summed E-state index contributed by atoms with van der Waals surface area (Å²) in [5, 5.41) is 10.9. The number of rotatable bonds is 4. The molecule has 96 valence electrons. The molecule has 0 spiro atoms. The zero-order valence-electron chi connectivity index (χ0n) is 9.99. The molecule has 0 heterocycles. The lowest BCUT2D eigenvalue weighted by Crippen LogP contribution is -1.94. The third-order valence-corrected chi connectivity index (χ3v) is 2.90. The van der Waals surface area contributed by atoms with Gasteiger partial charge in [0, 0.05) is 17.7 Å². The van der Waals surface area contributed by atoms with Crippen molar-refractivity contribution in [2.45, 2.75) is 6.54 Å². The van der Waals surface area contributed by atoms with E-state index in [4.69, 9.17) is 11.6 Å². The van der Waals surface area contributed by atoms with Crippen molar-refractivity contribution in [1.82, 2.24) is 0 Å². The smallest absolute Gasteiger partial charge is 0.268 e. The zero-order chi connectivity index (χ0) is 13.7. The maximum Gasteiger partial charge on any atom is 0.269 e. The van der Waals surface area contributed by atoms with Crippen molar-refractivity contribution in [3.05, 3.63) is 75.8 Å². The van der Waals surface area contributed by atoms with Gasteiger partial charge >= 0.3 is 0 Å². The number of benzene rings is 2. The molecule has 4 nitrogen and oxygen atoms in total. The van der Waals surface area contributed by atoms with Gasteiger partial charge < -0.3 is 0 Å². The van der Waals surface area contributed by atoms with Crippen LogP contribution in [0, 0.1) is 10.1 Å². The lowest BCUT2D eigenvalue weighted by molar-refractivity contribution is -0.384. The zero-order valence-corrected chi connectivity index (χ0v) is 10.7. The van der Waals surface area contributed by atoms with Crippen molar-refractivity contribution >= 4 is 22.5 Å². The second kappa shape index (κ2) is 6.11. The number of hydrogen-bond acceptors (Lipinski definition) is 3. The highest BCUT2D eigenvalue weighted by atomic mass is 35.5. The standard InChI is InChI=1S/C14H11ClN2O2/c15-14(16-10-11-4-2-1-3-5-11)12-6-8-13(9-7-12)17(18)19/h1-9H,10H2. The number of halogens is 1. The predicted octanol–water partition coefficient (Wildman–Crippen LogP) is 3.78. The molecule has 0 fully saturated rings. The molecule has 0 aliphatic rings. The second-order valence-electron chi connectivity index (χ2n) is 3.90. The van der Waals surface area contributed by atoms with Crippen LogP contribution < -0.4 is 0 Å². The fraction of sp³-hybridized carbons (Fsp3) is 0.0714. The average Bonchev–Trinajstić information content (AvgIpc) is 2.46. The number of non-ortho nitro benzene ring substituents is 1. The first-order valence-electron chi connectivity index (χ1n) is 5.65. The summed E-state index contributed by atoms with van der Waals surface area (Å²) in [6.07, 6.45) is 0. The Morgan fingerprint density at radius 3 is 2.32 bits per heavy atom. The van der Waals surface area contributed by atoms with Crippen molar-refractivity contribution in [2.24, 2.45) is 4.99 Å². The Hall–Kier alpha value is -2.20. The Morgan fingerprint density at radius 1 is 1.11 bits per heavy atom. The van der Waals surface area contributed by atoms with Gasteiger partial charge in [0.25, 0.3) is 5.69 Å². The highest BCUT2D eigenvalue weighted by Crippen LogP contribution is 2.14. The van der Waals surface area contributed by atoms with Gasteiger partial charge in [0.1, 0.15) is 5.17 Å². The molecule has 0 atom stereocenters. The first-order chi connectivity index (χ1) is 9.16. The number of aliphatic imine (C=N–C) groups is 1. The van der Waals surface area contributed by atoms with Crippen LogP contribution >= 0.6 is 11.6 Å². The molecular formula is C14H11ClN2O2. The SMILES string of the molecule is O=[N+]([O-])c1ccc(C(Cl)=NCc2ccccc2)cc1. The van der Waals surface area contributed by atoms with E-state index >= 15 is 0 Å². The van der Waals surface area contributed by atoms with Gasteiger partial charge in [-0.2, -0.15) is 0 Å². The van der Waals surface area contributed by atoms with Gasteiger partial charge in [-0.1, -0.05) is 41.9 Å². The molecule has 2 rings (SSSR count). The minimum atomic E-state index is -0.446. The maximum atomic E-state index is 10.5. The van der Waals surface area contributed by atoms with Gasteiger partial charge in [0.05, 0.1) is 11.5 Å². The summed E-state index contributed by atoms with van der Waals surface area (Å²) >= 11 is 6.07. The quantitative estimate of drug-likeness (QED) is 0.484. The van der Waals surface area contributed by atoms with Crippen LogP contribution in [0.25, 0.3) is 0 Å². The summed E-state index contributed by atoms with van der Waals surface area (Å²) in [5.74, 6) is 0. The van der Waals surface area contributed by atoms with Crippen LogP contribution in [0.2, 0.25) is 0 Å². The molecule has 2 aromatic carbocycles. The molecule has 0 radical (unpaired) electrons. The third-order valence-electron chi connectivity index (χ3n) is 2.56. The summed E-state index contributed by atoms with van der Waals surface area (Å²) in [5.41, 5.74) is 1.77. The molecule has 0 saturated carbocycles. The number of nitrogens with zero attached hydrogens (tertiary/aromatic N) is 2. The molecule has 0 amide bonds. The fourth-order valence-corrected chi connectivity index (χ4v) is 1.74. The Bertz CT molecular complexity index is 595. The molecule has 19 heavy (non-hydrogen) atoms. The van der Waals surface area contributed by atoms with Gasteiger partial charge in [-0.25, -0.2) is 0 Å². The predicted molar refractivity (Wildman–Crippen MR) is 75.6 cm³/mol. The van der Waals surface area contributed by atoms with Crippen LogP contribution in [0.5, 0.6) is 0 Å². The highest BCUT2D eigenvalue weighted by molar-refractivity contribution is 6.69. The minimum absolute atomic E-state index is 0.0382. The van der Waals surface area contributed by atoms with Gasteiger partial charge in [-0.3, -0.25) is 15.1 Å². The molecule has 0 aromatic heterocycles. The molecule has 0 bridgehead atoms. The lowest BCUT2D eigenvalue weighted by Gasteiger charge is -2.00. The van der Waals surface area contributed by atoms with Gasteiger partial charge in [-0.15, -0.1) is 0 Å². The van der Waals surface area contributed by atoms with Crippen molar-refractivity contribution in [3.8, 4) is 0 Å². The van der Waals surface area contributed by atoms with Crippen LogP contribution in [0.15, 0.2) is 59.6 Å².